The summed E-state index contributed by atoms with van der Waals surface area (Å²) in [5, 5.41) is 2.89. The van der Waals surface area contributed by atoms with Gasteiger partial charge >= 0.3 is 0 Å². The second-order valence-corrected chi connectivity index (χ2v) is 6.07. The highest BCUT2D eigenvalue weighted by molar-refractivity contribution is 5.75. The predicted octanol–water partition coefficient (Wildman–Crippen LogP) is 3.11. The van der Waals surface area contributed by atoms with Gasteiger partial charge in [-0.2, -0.15) is 0 Å². The maximum atomic E-state index is 11.9. The molecule has 3 rings (SSSR count). The van der Waals surface area contributed by atoms with Crippen LogP contribution < -0.4 is 19.5 Å². The third-order valence-corrected chi connectivity index (χ3v) is 3.93. The number of ether oxygens (including phenoxy) is 3. The molecule has 2 aromatic carbocycles. The van der Waals surface area contributed by atoms with Crippen molar-refractivity contribution >= 4 is 5.91 Å². The Hall–Kier alpha value is -2.69. The van der Waals surface area contributed by atoms with Gasteiger partial charge in [-0.05, 0) is 37.6 Å². The fourth-order valence-corrected chi connectivity index (χ4v) is 2.54. The van der Waals surface area contributed by atoms with E-state index in [0.717, 1.165) is 17.2 Å². The number of carbonyl (C=O) groups excluding carboxylic acids is 1. The van der Waals surface area contributed by atoms with Gasteiger partial charge in [-0.1, -0.05) is 29.8 Å². The Bertz CT molecular complexity index is 699. The molecule has 1 atom stereocenters. The quantitative estimate of drug-likeness (QED) is 0.786. The molecule has 25 heavy (non-hydrogen) atoms. The number of aryl methyl sites for hydroxylation is 1. The van der Waals surface area contributed by atoms with Crippen LogP contribution in [0, 0.1) is 6.92 Å². The van der Waals surface area contributed by atoms with Gasteiger partial charge in [0.2, 0.25) is 5.91 Å². The fourth-order valence-electron chi connectivity index (χ4n) is 2.54. The van der Waals surface area contributed by atoms with E-state index in [-0.39, 0.29) is 12.0 Å². The Morgan fingerprint density at radius 2 is 1.92 bits per heavy atom. The van der Waals surface area contributed by atoms with Crippen molar-refractivity contribution in [1.82, 2.24) is 5.32 Å². The van der Waals surface area contributed by atoms with E-state index in [1.807, 2.05) is 55.5 Å². The van der Waals surface area contributed by atoms with Crippen molar-refractivity contribution in [3.05, 3.63) is 54.1 Å². The first-order valence-corrected chi connectivity index (χ1v) is 8.55. The summed E-state index contributed by atoms with van der Waals surface area (Å²) in [7, 11) is 0. The SMILES string of the molecule is Cc1ccc(OCCCC(=O)NC[C@H]2COc3ccccc3O2)cc1. The lowest BCUT2D eigenvalue weighted by Gasteiger charge is -2.26. The first-order valence-electron chi connectivity index (χ1n) is 8.55. The molecular weight excluding hydrogens is 318 g/mol. The van der Waals surface area contributed by atoms with Crippen molar-refractivity contribution < 1.29 is 19.0 Å². The molecule has 0 bridgehead atoms. The van der Waals surface area contributed by atoms with Gasteiger partial charge < -0.3 is 19.5 Å². The molecule has 5 heteroatoms. The first-order chi connectivity index (χ1) is 12.2. The monoisotopic (exact) mass is 341 g/mol. The minimum absolute atomic E-state index is 0.00466. The summed E-state index contributed by atoms with van der Waals surface area (Å²) in [6.07, 6.45) is 0.934. The van der Waals surface area contributed by atoms with Crippen LogP contribution in [0.2, 0.25) is 0 Å². The lowest BCUT2D eigenvalue weighted by atomic mass is 10.2. The standard InChI is InChI=1S/C20H23NO4/c1-15-8-10-16(11-9-15)23-12-4-7-20(22)21-13-17-14-24-18-5-2-3-6-19(18)25-17/h2-3,5-6,8-11,17H,4,7,12-14H2,1H3,(H,21,22)/t17-/m0/s1. The zero-order chi connectivity index (χ0) is 17.5. The minimum atomic E-state index is -0.164. The first kappa shape index (κ1) is 17.1. The third kappa shape index (κ3) is 5.14. The Morgan fingerprint density at radius 1 is 1.16 bits per heavy atom. The third-order valence-electron chi connectivity index (χ3n) is 3.93. The van der Waals surface area contributed by atoms with Crippen molar-refractivity contribution in [3.63, 3.8) is 0 Å². The number of carbonyl (C=O) groups is 1. The normalized spacial score (nSPS) is 15.5. The van der Waals surface area contributed by atoms with E-state index in [0.29, 0.717) is 32.6 Å². The van der Waals surface area contributed by atoms with Crippen LogP contribution in [0.25, 0.3) is 0 Å². The molecule has 0 radical (unpaired) electrons. The largest absolute Gasteiger partial charge is 0.494 e. The number of para-hydroxylation sites is 2. The van der Waals surface area contributed by atoms with E-state index >= 15 is 0 Å². The zero-order valence-corrected chi connectivity index (χ0v) is 14.4. The average Bonchev–Trinajstić information content (AvgIpc) is 2.65. The molecule has 1 N–H and O–H groups in total. The summed E-state index contributed by atoms with van der Waals surface area (Å²) in [5.41, 5.74) is 1.20. The zero-order valence-electron chi connectivity index (χ0n) is 14.4. The molecule has 2 aromatic rings. The molecule has 0 aliphatic carbocycles. The van der Waals surface area contributed by atoms with E-state index in [2.05, 4.69) is 5.32 Å². The lowest BCUT2D eigenvalue weighted by Crippen LogP contribution is -2.40. The number of fused-ring (bicyclic) bond motifs is 1. The van der Waals surface area contributed by atoms with Crippen LogP contribution >= 0.6 is 0 Å². The molecule has 0 aromatic heterocycles. The van der Waals surface area contributed by atoms with E-state index < -0.39 is 0 Å². The number of amides is 1. The van der Waals surface area contributed by atoms with Gasteiger partial charge in [0.25, 0.3) is 0 Å². The van der Waals surface area contributed by atoms with Gasteiger partial charge in [-0.3, -0.25) is 4.79 Å². The van der Waals surface area contributed by atoms with Crippen molar-refractivity contribution in [2.45, 2.75) is 25.9 Å². The van der Waals surface area contributed by atoms with E-state index in [1.54, 1.807) is 0 Å². The van der Waals surface area contributed by atoms with Crippen molar-refractivity contribution in [2.24, 2.45) is 0 Å². The summed E-state index contributed by atoms with van der Waals surface area (Å²) in [6, 6.07) is 15.4. The molecule has 0 spiro atoms. The summed E-state index contributed by atoms with van der Waals surface area (Å²) < 4.78 is 17.1. The van der Waals surface area contributed by atoms with Crippen LogP contribution in [-0.4, -0.2) is 31.8 Å². The Labute approximate surface area is 147 Å². The highest BCUT2D eigenvalue weighted by Gasteiger charge is 2.20. The second kappa shape index (κ2) is 8.42. The number of hydrogen-bond donors (Lipinski definition) is 1. The molecular formula is C20H23NO4. The van der Waals surface area contributed by atoms with Gasteiger partial charge in [0, 0.05) is 6.42 Å². The average molecular weight is 341 g/mol. The van der Waals surface area contributed by atoms with Gasteiger partial charge in [-0.15, -0.1) is 0 Å². The predicted molar refractivity (Wildman–Crippen MR) is 95.3 cm³/mol. The van der Waals surface area contributed by atoms with Crippen LogP contribution in [0.1, 0.15) is 18.4 Å². The Balaban J connectivity index is 1.31. The van der Waals surface area contributed by atoms with E-state index in [1.165, 1.54) is 5.56 Å². The van der Waals surface area contributed by atoms with Gasteiger partial charge in [0.05, 0.1) is 13.2 Å². The molecule has 1 aliphatic heterocycles. The molecule has 1 heterocycles. The van der Waals surface area contributed by atoms with Crippen LogP contribution in [0.4, 0.5) is 0 Å². The number of benzene rings is 2. The fraction of sp³-hybridized carbons (Fsp3) is 0.350. The Kier molecular flexibility index (Phi) is 5.77. The van der Waals surface area contributed by atoms with Crippen LogP contribution in [-0.2, 0) is 4.79 Å². The summed E-state index contributed by atoms with van der Waals surface area (Å²) in [6.45, 7) is 3.43. The van der Waals surface area contributed by atoms with E-state index in [9.17, 15) is 4.79 Å². The van der Waals surface area contributed by atoms with Gasteiger partial charge in [0.15, 0.2) is 11.5 Å². The highest BCUT2D eigenvalue weighted by atomic mass is 16.6. The molecule has 132 valence electrons. The highest BCUT2D eigenvalue weighted by Crippen LogP contribution is 2.30. The van der Waals surface area contributed by atoms with Crippen LogP contribution in [0.3, 0.4) is 0 Å². The molecule has 0 fully saturated rings. The molecule has 5 nitrogen and oxygen atoms in total. The number of nitrogens with one attached hydrogen (secondary N) is 1. The van der Waals surface area contributed by atoms with E-state index in [4.69, 9.17) is 14.2 Å². The summed E-state index contributed by atoms with van der Waals surface area (Å²) in [4.78, 5) is 11.9. The van der Waals surface area contributed by atoms with Crippen molar-refractivity contribution in [1.29, 1.82) is 0 Å². The van der Waals surface area contributed by atoms with Gasteiger partial charge in [-0.25, -0.2) is 0 Å². The topological polar surface area (TPSA) is 56.8 Å². The minimum Gasteiger partial charge on any atom is -0.494 e. The molecule has 0 unspecified atom stereocenters. The maximum Gasteiger partial charge on any atom is 0.220 e. The number of hydrogen-bond acceptors (Lipinski definition) is 4. The smallest absolute Gasteiger partial charge is 0.220 e. The molecule has 1 amide bonds. The summed E-state index contributed by atoms with van der Waals surface area (Å²) in [5.74, 6) is 2.30. The van der Waals surface area contributed by atoms with Gasteiger partial charge in [0.1, 0.15) is 18.5 Å². The molecule has 0 saturated carbocycles. The maximum absolute atomic E-state index is 11.9. The van der Waals surface area contributed by atoms with Crippen molar-refractivity contribution in [3.8, 4) is 17.2 Å². The van der Waals surface area contributed by atoms with Crippen molar-refractivity contribution in [2.75, 3.05) is 19.8 Å². The lowest BCUT2D eigenvalue weighted by molar-refractivity contribution is -0.121. The molecule has 1 aliphatic rings. The summed E-state index contributed by atoms with van der Waals surface area (Å²) >= 11 is 0. The second-order valence-electron chi connectivity index (χ2n) is 6.07. The number of rotatable bonds is 7. The van der Waals surface area contributed by atoms with Crippen LogP contribution in [0.5, 0.6) is 17.2 Å². The molecule has 0 saturated heterocycles. The Morgan fingerprint density at radius 3 is 2.72 bits per heavy atom. The van der Waals surface area contributed by atoms with Crippen LogP contribution in [0.15, 0.2) is 48.5 Å².